The van der Waals surface area contributed by atoms with E-state index in [0.29, 0.717) is 11.3 Å². The van der Waals surface area contributed by atoms with Crippen LogP contribution in [0.5, 0.6) is 0 Å². The fraction of sp³-hybridized carbons (Fsp3) is 0.364. The van der Waals surface area contributed by atoms with Gasteiger partial charge in [0.05, 0.1) is 6.04 Å². The number of hydrogen-bond donors (Lipinski definition) is 1. The van der Waals surface area contributed by atoms with Crippen molar-refractivity contribution in [3.8, 4) is 0 Å². The van der Waals surface area contributed by atoms with Gasteiger partial charge in [-0.25, -0.2) is 9.18 Å². The Morgan fingerprint density at radius 3 is 2.27 bits per heavy atom. The Kier molecular flexibility index (Phi) is 8.46. The molecule has 0 aliphatic carbocycles. The highest BCUT2D eigenvalue weighted by atomic mass is 79.9. The largest absolute Gasteiger partial charge is 0.591 e. The molecule has 2 rings (SSSR count). The molecule has 0 aromatic heterocycles. The fourth-order valence-electron chi connectivity index (χ4n) is 2.72. The van der Waals surface area contributed by atoms with Crippen LogP contribution in [0.15, 0.2) is 57.4 Å². The third kappa shape index (κ3) is 6.82. The molecule has 0 aliphatic heterocycles. The zero-order valence-corrected chi connectivity index (χ0v) is 19.8. The Labute approximate surface area is 188 Å². The lowest BCUT2D eigenvalue weighted by Gasteiger charge is -2.27. The number of benzene rings is 2. The summed E-state index contributed by atoms with van der Waals surface area (Å²) in [6.07, 6.45) is -0.804. The molecular weight excluding hydrogens is 471 g/mol. The minimum Gasteiger partial charge on any atom is -0.591 e. The molecule has 162 valence electrons. The zero-order valence-electron chi connectivity index (χ0n) is 17.4. The summed E-state index contributed by atoms with van der Waals surface area (Å²) in [4.78, 5) is 13.2. The van der Waals surface area contributed by atoms with E-state index < -0.39 is 22.2 Å². The van der Waals surface area contributed by atoms with Crippen molar-refractivity contribution < 1.29 is 18.8 Å². The van der Waals surface area contributed by atoms with Gasteiger partial charge in [0, 0.05) is 23.0 Å². The molecule has 0 spiro atoms. The van der Waals surface area contributed by atoms with Crippen LogP contribution in [0.2, 0.25) is 0 Å². The highest BCUT2D eigenvalue weighted by Crippen LogP contribution is 2.24. The molecule has 5 nitrogen and oxygen atoms in total. The minimum atomic E-state index is -1.52. The number of halogens is 2. The van der Waals surface area contributed by atoms with E-state index in [1.807, 2.05) is 52.0 Å². The third-order valence-corrected chi connectivity index (χ3v) is 6.51. The van der Waals surface area contributed by atoms with Crippen molar-refractivity contribution in [1.82, 2.24) is 4.90 Å². The van der Waals surface area contributed by atoms with Crippen LogP contribution in [0.3, 0.4) is 0 Å². The Hall–Kier alpha value is -1.90. The van der Waals surface area contributed by atoms with E-state index in [0.717, 1.165) is 10.0 Å². The molecule has 30 heavy (non-hydrogen) atoms. The van der Waals surface area contributed by atoms with Gasteiger partial charge >= 0.3 is 6.09 Å². The molecule has 1 amide bonds. The van der Waals surface area contributed by atoms with E-state index in [-0.39, 0.29) is 24.8 Å². The minimum absolute atomic E-state index is 0.157. The van der Waals surface area contributed by atoms with Gasteiger partial charge in [-0.2, -0.15) is 0 Å². The molecular formula is C22H26BrFN2O3S. The van der Waals surface area contributed by atoms with Gasteiger partial charge in [-0.05, 0) is 57.5 Å². The first kappa shape index (κ1) is 24.4. The van der Waals surface area contributed by atoms with E-state index in [1.165, 1.54) is 17.0 Å². The summed E-state index contributed by atoms with van der Waals surface area (Å²) >= 11 is 1.85. The average Bonchev–Trinajstić information content (AvgIpc) is 2.67. The van der Waals surface area contributed by atoms with Gasteiger partial charge in [-0.1, -0.05) is 44.6 Å². The smallest absolute Gasteiger partial charge is 0.407 e. The monoisotopic (exact) mass is 496 g/mol. The van der Waals surface area contributed by atoms with Crippen LogP contribution in [-0.2, 0) is 11.4 Å². The lowest BCUT2D eigenvalue weighted by atomic mass is 10.0. The molecule has 2 atom stereocenters. The summed E-state index contributed by atoms with van der Waals surface area (Å²) in [5.74, 6) is -0.383. The summed E-state index contributed by atoms with van der Waals surface area (Å²) in [6.45, 7) is 7.42. The fourth-order valence-corrected chi connectivity index (χ4v) is 3.66. The van der Waals surface area contributed by atoms with Gasteiger partial charge in [-0.3, -0.25) is 0 Å². The van der Waals surface area contributed by atoms with Crippen LogP contribution in [-0.4, -0.2) is 37.7 Å². The van der Waals surface area contributed by atoms with Crippen LogP contribution in [0.25, 0.3) is 0 Å². The predicted octanol–water partition coefficient (Wildman–Crippen LogP) is 5.97. The Balaban J connectivity index is 2.28. The normalized spacial score (nSPS) is 14.3. The quantitative estimate of drug-likeness (QED) is 0.378. The number of rotatable bonds is 7. The Bertz CT molecular complexity index is 883. The van der Waals surface area contributed by atoms with Gasteiger partial charge < -0.3 is 14.6 Å². The van der Waals surface area contributed by atoms with Crippen LogP contribution in [0.1, 0.15) is 51.3 Å². The van der Waals surface area contributed by atoms with Crippen LogP contribution in [0, 0.1) is 5.82 Å². The lowest BCUT2D eigenvalue weighted by molar-refractivity contribution is 0.130. The molecule has 2 aromatic carbocycles. The lowest BCUT2D eigenvalue weighted by Crippen LogP contribution is -2.34. The maximum atomic E-state index is 13.4. The van der Waals surface area contributed by atoms with Crippen molar-refractivity contribution in [1.29, 1.82) is 0 Å². The second-order valence-electron chi connectivity index (χ2n) is 7.86. The first-order chi connectivity index (χ1) is 14.0. The summed E-state index contributed by atoms with van der Waals surface area (Å²) in [5, 5.41) is 9.76. The number of nitrogens with zero attached hydrogens (tertiary/aromatic N) is 2. The second-order valence-corrected chi connectivity index (χ2v) is 10.7. The van der Waals surface area contributed by atoms with E-state index in [2.05, 4.69) is 20.3 Å². The molecule has 0 saturated heterocycles. The molecule has 8 heteroatoms. The van der Waals surface area contributed by atoms with Crippen molar-refractivity contribution in [2.24, 2.45) is 4.40 Å². The van der Waals surface area contributed by atoms with Crippen molar-refractivity contribution in [3.05, 3.63) is 69.9 Å². The maximum absolute atomic E-state index is 13.4. The molecule has 0 bridgehead atoms. The van der Waals surface area contributed by atoms with Crippen LogP contribution >= 0.6 is 15.9 Å². The zero-order chi connectivity index (χ0) is 22.5. The first-order valence-corrected chi connectivity index (χ1v) is 11.4. The van der Waals surface area contributed by atoms with Gasteiger partial charge in [0.15, 0.2) is 0 Å². The van der Waals surface area contributed by atoms with Gasteiger partial charge in [-0.15, -0.1) is 0 Å². The number of amides is 1. The van der Waals surface area contributed by atoms with E-state index in [1.54, 1.807) is 12.1 Å². The summed E-state index contributed by atoms with van der Waals surface area (Å²) in [6, 6.07) is 12.8. The van der Waals surface area contributed by atoms with Gasteiger partial charge in [0.1, 0.15) is 27.6 Å². The topological polar surface area (TPSA) is 76.0 Å². The highest BCUT2D eigenvalue weighted by molar-refractivity contribution is 9.10. The summed E-state index contributed by atoms with van der Waals surface area (Å²) < 4.78 is 30.7. The molecule has 2 unspecified atom stereocenters. The molecule has 0 fully saturated rings. The SMILES string of the molecule is CC(c1ccc(Br)cc1)N(CCC(=N[S+]([O-])C(C)(C)C)c1ccc(F)cc1)C(=O)O. The number of carboxylic acid groups (broad SMARTS) is 1. The standard InChI is InChI=1S/C22H26BrFN2O3S/c1-15(16-5-9-18(23)10-6-16)26(21(27)28)14-13-20(25-30(29)22(2,3)4)17-7-11-19(24)12-8-17/h5-12,15H,13-14H2,1-4H3,(H,27,28). The van der Waals surface area contributed by atoms with Crippen molar-refractivity contribution >= 4 is 39.1 Å². The highest BCUT2D eigenvalue weighted by Gasteiger charge is 2.28. The maximum Gasteiger partial charge on any atom is 0.407 e. The predicted molar refractivity (Wildman–Crippen MR) is 123 cm³/mol. The first-order valence-electron chi connectivity index (χ1n) is 9.49. The second kappa shape index (κ2) is 10.4. The number of hydrogen-bond acceptors (Lipinski definition) is 3. The van der Waals surface area contributed by atoms with Crippen molar-refractivity contribution in [2.45, 2.75) is 44.9 Å². The molecule has 1 N–H and O–H groups in total. The van der Waals surface area contributed by atoms with E-state index >= 15 is 0 Å². The molecule has 0 aliphatic rings. The van der Waals surface area contributed by atoms with E-state index in [4.69, 9.17) is 0 Å². The number of carbonyl (C=O) groups is 1. The van der Waals surface area contributed by atoms with Crippen molar-refractivity contribution in [3.63, 3.8) is 0 Å². The molecule has 2 aromatic rings. The van der Waals surface area contributed by atoms with Crippen LogP contribution < -0.4 is 0 Å². The van der Waals surface area contributed by atoms with Crippen LogP contribution in [0.4, 0.5) is 9.18 Å². The van der Waals surface area contributed by atoms with E-state index in [9.17, 15) is 18.8 Å². The van der Waals surface area contributed by atoms with Gasteiger partial charge in [0.2, 0.25) is 0 Å². The average molecular weight is 497 g/mol. The Morgan fingerprint density at radius 1 is 1.20 bits per heavy atom. The molecule has 0 saturated carbocycles. The molecule has 0 radical (unpaired) electrons. The molecule has 0 heterocycles. The third-order valence-electron chi connectivity index (χ3n) is 4.55. The summed E-state index contributed by atoms with van der Waals surface area (Å²) in [7, 11) is 0. The van der Waals surface area contributed by atoms with Crippen molar-refractivity contribution in [2.75, 3.05) is 6.54 Å². The summed E-state index contributed by atoms with van der Waals surface area (Å²) in [5.41, 5.74) is 1.97. The Morgan fingerprint density at radius 2 is 1.77 bits per heavy atom. The van der Waals surface area contributed by atoms with Gasteiger partial charge in [0.25, 0.3) is 0 Å².